The number of anilines is 1. The number of imidazole rings is 1. The van der Waals surface area contributed by atoms with Crippen molar-refractivity contribution in [1.82, 2.24) is 19.5 Å². The molecule has 0 aromatic carbocycles. The van der Waals surface area contributed by atoms with E-state index in [4.69, 9.17) is 21.1 Å². The second kappa shape index (κ2) is 9.33. The molecule has 3 heterocycles. The van der Waals surface area contributed by atoms with E-state index >= 15 is 0 Å². The first kappa shape index (κ1) is 24.7. The first-order valence-electron chi connectivity index (χ1n) is 10.5. The van der Waals surface area contributed by atoms with Gasteiger partial charge in [0.05, 0.1) is 19.5 Å². The molecule has 2 fully saturated rings. The van der Waals surface area contributed by atoms with E-state index in [1.165, 1.54) is 10.9 Å². The number of nitrogens with one attached hydrogen (secondary N) is 1. The van der Waals surface area contributed by atoms with Crippen molar-refractivity contribution in [2.45, 2.75) is 68.5 Å². The molecule has 5 atom stereocenters. The third-order valence-corrected chi connectivity index (χ3v) is 7.84. The SMILES string of the molecule is CC(CO)(OC[C@H]1O[C@@H](n2cnc3c(NC4CCCC4)nc(Cl)nc32)[C@H](O)[C@@H]1O)P(=O)(O)O. The lowest BCUT2D eigenvalue weighted by molar-refractivity contribution is -0.102. The highest BCUT2D eigenvalue weighted by Gasteiger charge is 2.48. The quantitative estimate of drug-likeness (QED) is 0.212. The molecule has 1 aliphatic heterocycles. The smallest absolute Gasteiger partial charge is 0.359 e. The predicted molar refractivity (Wildman–Crippen MR) is 116 cm³/mol. The van der Waals surface area contributed by atoms with E-state index in [1.807, 2.05) is 0 Å². The van der Waals surface area contributed by atoms with Crippen LogP contribution in [0.1, 0.15) is 38.8 Å². The molecule has 1 unspecified atom stereocenters. The summed E-state index contributed by atoms with van der Waals surface area (Å²) in [6.45, 7) is -0.400. The second-order valence-electron chi connectivity index (χ2n) is 8.53. The Morgan fingerprint density at radius 3 is 2.64 bits per heavy atom. The van der Waals surface area contributed by atoms with Gasteiger partial charge in [0, 0.05) is 6.04 Å². The zero-order valence-electron chi connectivity index (χ0n) is 17.8. The average Bonchev–Trinajstić information content (AvgIpc) is 3.47. The van der Waals surface area contributed by atoms with Crippen molar-refractivity contribution in [3.8, 4) is 0 Å². The molecule has 33 heavy (non-hydrogen) atoms. The van der Waals surface area contributed by atoms with Gasteiger partial charge in [-0.1, -0.05) is 12.8 Å². The van der Waals surface area contributed by atoms with E-state index in [0.29, 0.717) is 11.3 Å². The number of rotatable bonds is 8. The molecule has 4 rings (SSSR count). The predicted octanol–water partition coefficient (Wildman–Crippen LogP) is 0.356. The molecular weight excluding hydrogens is 481 g/mol. The largest absolute Gasteiger partial charge is 0.393 e. The third kappa shape index (κ3) is 4.75. The number of fused-ring (bicyclic) bond motifs is 1. The molecule has 6 N–H and O–H groups in total. The van der Waals surface area contributed by atoms with Crippen LogP contribution in [-0.2, 0) is 14.0 Å². The molecular formula is C18H27ClN5O8P. The van der Waals surface area contributed by atoms with Crippen LogP contribution in [0.15, 0.2) is 6.33 Å². The molecule has 1 aliphatic carbocycles. The lowest BCUT2D eigenvalue weighted by Gasteiger charge is -2.29. The van der Waals surface area contributed by atoms with Gasteiger partial charge in [-0.15, -0.1) is 0 Å². The summed E-state index contributed by atoms with van der Waals surface area (Å²) in [5, 5.41) is 31.6. The van der Waals surface area contributed by atoms with E-state index < -0.39 is 50.7 Å². The van der Waals surface area contributed by atoms with E-state index in [2.05, 4.69) is 20.3 Å². The molecule has 15 heteroatoms. The van der Waals surface area contributed by atoms with E-state index in [0.717, 1.165) is 32.6 Å². The summed E-state index contributed by atoms with van der Waals surface area (Å²) < 4.78 is 24.0. The van der Waals surface area contributed by atoms with Crippen molar-refractivity contribution >= 4 is 36.2 Å². The fourth-order valence-electron chi connectivity index (χ4n) is 4.02. The van der Waals surface area contributed by atoms with Crippen LogP contribution in [0, 0.1) is 0 Å². The van der Waals surface area contributed by atoms with Gasteiger partial charge in [0.15, 0.2) is 28.6 Å². The Morgan fingerprint density at radius 1 is 1.30 bits per heavy atom. The molecule has 0 bridgehead atoms. The molecule has 2 aromatic heterocycles. The summed E-state index contributed by atoms with van der Waals surface area (Å²) in [6, 6.07) is 0.246. The number of aliphatic hydroxyl groups excluding tert-OH is 3. The maximum absolute atomic E-state index is 11.6. The number of halogens is 1. The number of ether oxygens (including phenoxy) is 2. The van der Waals surface area contributed by atoms with Crippen LogP contribution in [-0.4, -0.2) is 87.5 Å². The normalized spacial score (nSPS) is 28.5. The summed E-state index contributed by atoms with van der Waals surface area (Å²) in [6.07, 6.45) is 0.489. The third-order valence-electron chi connectivity index (χ3n) is 6.17. The average molecular weight is 508 g/mol. The fourth-order valence-corrected chi connectivity index (χ4v) is 4.61. The monoisotopic (exact) mass is 507 g/mol. The van der Waals surface area contributed by atoms with Crippen molar-refractivity contribution in [3.05, 3.63) is 11.6 Å². The van der Waals surface area contributed by atoms with Crippen molar-refractivity contribution in [2.24, 2.45) is 0 Å². The van der Waals surface area contributed by atoms with Crippen LogP contribution in [0.2, 0.25) is 5.28 Å². The van der Waals surface area contributed by atoms with Gasteiger partial charge >= 0.3 is 7.60 Å². The molecule has 2 aliphatic rings. The Balaban J connectivity index is 1.56. The minimum atomic E-state index is -4.83. The summed E-state index contributed by atoms with van der Waals surface area (Å²) >= 11 is 6.12. The zero-order chi connectivity index (χ0) is 24.0. The highest BCUT2D eigenvalue weighted by atomic mass is 35.5. The van der Waals surface area contributed by atoms with Crippen molar-refractivity contribution in [3.63, 3.8) is 0 Å². The topological polar surface area (TPSA) is 192 Å². The maximum Gasteiger partial charge on any atom is 0.359 e. The van der Waals surface area contributed by atoms with Crippen LogP contribution in [0.4, 0.5) is 5.82 Å². The fraction of sp³-hybridized carbons (Fsp3) is 0.722. The van der Waals surface area contributed by atoms with Crippen LogP contribution < -0.4 is 5.32 Å². The zero-order valence-corrected chi connectivity index (χ0v) is 19.4. The Labute approximate surface area is 193 Å². The van der Waals surface area contributed by atoms with Gasteiger partial charge in [0.2, 0.25) is 5.28 Å². The van der Waals surface area contributed by atoms with Gasteiger partial charge in [-0.25, -0.2) is 4.98 Å². The lowest BCUT2D eigenvalue weighted by Crippen LogP contribution is -2.39. The summed E-state index contributed by atoms with van der Waals surface area (Å²) in [7, 11) is -4.83. The van der Waals surface area contributed by atoms with Crippen LogP contribution in [0.5, 0.6) is 0 Å². The molecule has 2 aromatic rings. The Bertz CT molecular complexity index is 1050. The number of aliphatic hydroxyl groups is 3. The van der Waals surface area contributed by atoms with Gasteiger partial charge in [-0.2, -0.15) is 9.97 Å². The van der Waals surface area contributed by atoms with Crippen LogP contribution in [0.25, 0.3) is 11.2 Å². The Hall–Kier alpha value is -1.41. The minimum Gasteiger partial charge on any atom is -0.393 e. The van der Waals surface area contributed by atoms with E-state index in [9.17, 15) is 29.7 Å². The Morgan fingerprint density at radius 2 is 2.00 bits per heavy atom. The maximum atomic E-state index is 11.6. The van der Waals surface area contributed by atoms with Crippen LogP contribution in [0.3, 0.4) is 0 Å². The van der Waals surface area contributed by atoms with Gasteiger partial charge in [-0.3, -0.25) is 9.13 Å². The Kier molecular flexibility index (Phi) is 6.98. The van der Waals surface area contributed by atoms with Crippen LogP contribution >= 0.6 is 19.2 Å². The molecule has 0 spiro atoms. The highest BCUT2D eigenvalue weighted by Crippen LogP contribution is 2.51. The van der Waals surface area contributed by atoms with E-state index in [1.54, 1.807) is 0 Å². The standard InChI is InChI=1S/C18H27ClN5O8P/c1-18(7-25,33(28,29)30)31-6-10-12(26)13(27)16(32-10)24-8-20-11-14(21-9-4-2-3-5-9)22-17(19)23-15(11)24/h8-10,12-13,16,25-27H,2-7H2,1H3,(H,21,22,23)(H2,28,29,30)/t10-,12-,13-,16-,18?/m1/s1. The first-order chi connectivity index (χ1) is 15.5. The minimum absolute atomic E-state index is 0.0296. The second-order valence-corrected chi connectivity index (χ2v) is 10.9. The van der Waals surface area contributed by atoms with Crippen molar-refractivity contribution < 1.29 is 39.1 Å². The van der Waals surface area contributed by atoms with Gasteiger partial charge in [0.1, 0.15) is 18.3 Å². The van der Waals surface area contributed by atoms with Crippen molar-refractivity contribution in [2.75, 3.05) is 18.5 Å². The first-order valence-corrected chi connectivity index (χ1v) is 12.5. The van der Waals surface area contributed by atoms with Crippen molar-refractivity contribution in [1.29, 1.82) is 0 Å². The lowest BCUT2D eigenvalue weighted by atomic mass is 10.1. The highest BCUT2D eigenvalue weighted by molar-refractivity contribution is 7.53. The van der Waals surface area contributed by atoms with Gasteiger partial charge in [-0.05, 0) is 31.4 Å². The number of aromatic nitrogens is 4. The summed E-state index contributed by atoms with van der Waals surface area (Å²) in [4.78, 5) is 31.6. The molecule has 0 radical (unpaired) electrons. The van der Waals surface area contributed by atoms with E-state index in [-0.39, 0.29) is 17.0 Å². The number of hydrogen-bond donors (Lipinski definition) is 6. The molecule has 1 saturated heterocycles. The van der Waals surface area contributed by atoms with Gasteiger partial charge < -0.3 is 39.9 Å². The molecule has 184 valence electrons. The summed E-state index contributed by atoms with van der Waals surface area (Å²) in [5.41, 5.74) is 0.703. The molecule has 0 amide bonds. The number of nitrogens with zero attached hydrogens (tertiary/aromatic N) is 4. The molecule has 13 nitrogen and oxygen atoms in total. The number of hydrogen-bond acceptors (Lipinski definition) is 10. The molecule has 1 saturated carbocycles. The van der Waals surface area contributed by atoms with Gasteiger partial charge in [0.25, 0.3) is 0 Å². The summed E-state index contributed by atoms with van der Waals surface area (Å²) in [5.74, 6) is 0.462.